The highest BCUT2D eigenvalue weighted by molar-refractivity contribution is 5.49. The van der Waals surface area contributed by atoms with E-state index in [0.29, 0.717) is 11.1 Å². The zero-order valence-electron chi connectivity index (χ0n) is 16.4. The average Bonchev–Trinajstić information content (AvgIpc) is 2.72. The molecule has 0 radical (unpaired) electrons. The fourth-order valence-corrected chi connectivity index (χ4v) is 2.75. The molecular weight excluding hydrogens is 343 g/mol. The van der Waals surface area contributed by atoms with Crippen LogP contribution in [-0.2, 0) is 6.42 Å². The standard InChI is InChI=1S/C27H23F/c1-3-4-5-22-10-12-24(13-11-22)14-15-25-17-19-26(27(28)20-25)18-16-23-8-6-21(2)7-9-23/h6-13,17,19-20H,3-5H2,1-2H3. The number of hydrogen-bond donors (Lipinski definition) is 0. The molecular formula is C27H23F. The number of unbranched alkanes of at least 4 members (excludes halogenated alkanes) is 1. The summed E-state index contributed by atoms with van der Waals surface area (Å²) in [5.74, 6) is 11.7. The van der Waals surface area contributed by atoms with Crippen molar-refractivity contribution in [3.8, 4) is 23.7 Å². The summed E-state index contributed by atoms with van der Waals surface area (Å²) >= 11 is 0. The summed E-state index contributed by atoms with van der Waals surface area (Å²) in [6.45, 7) is 4.22. The topological polar surface area (TPSA) is 0 Å². The predicted molar refractivity (Wildman–Crippen MR) is 115 cm³/mol. The van der Waals surface area contributed by atoms with Crippen LogP contribution in [0.4, 0.5) is 4.39 Å². The zero-order chi connectivity index (χ0) is 19.8. The van der Waals surface area contributed by atoms with Gasteiger partial charge in [-0.05, 0) is 67.8 Å². The molecule has 3 aromatic rings. The maximum atomic E-state index is 14.3. The van der Waals surface area contributed by atoms with E-state index in [1.165, 1.54) is 30.0 Å². The van der Waals surface area contributed by atoms with Crippen LogP contribution in [0.5, 0.6) is 0 Å². The van der Waals surface area contributed by atoms with Crippen molar-refractivity contribution in [2.75, 3.05) is 0 Å². The number of halogens is 1. The van der Waals surface area contributed by atoms with Crippen molar-refractivity contribution in [3.05, 3.63) is 106 Å². The number of hydrogen-bond acceptors (Lipinski definition) is 0. The van der Waals surface area contributed by atoms with E-state index in [2.05, 4.69) is 42.7 Å². The highest BCUT2D eigenvalue weighted by atomic mass is 19.1. The lowest BCUT2D eigenvalue weighted by Gasteiger charge is -1.99. The van der Waals surface area contributed by atoms with Crippen LogP contribution in [0.25, 0.3) is 0 Å². The molecule has 0 amide bonds. The largest absolute Gasteiger partial charge is 0.206 e. The Bertz CT molecular complexity index is 1050. The van der Waals surface area contributed by atoms with Crippen LogP contribution in [0.1, 0.15) is 53.1 Å². The highest BCUT2D eigenvalue weighted by Gasteiger charge is 2.00. The van der Waals surface area contributed by atoms with Crippen LogP contribution in [0.3, 0.4) is 0 Å². The van der Waals surface area contributed by atoms with E-state index in [-0.39, 0.29) is 5.82 Å². The summed E-state index contributed by atoms with van der Waals surface area (Å²) in [7, 11) is 0. The Kier molecular flexibility index (Phi) is 6.67. The third kappa shape index (κ3) is 5.60. The number of aryl methyl sites for hydroxylation is 2. The second kappa shape index (κ2) is 9.59. The molecule has 28 heavy (non-hydrogen) atoms. The van der Waals surface area contributed by atoms with E-state index in [4.69, 9.17) is 0 Å². The molecule has 0 unspecified atom stereocenters. The molecule has 0 aliphatic heterocycles. The maximum absolute atomic E-state index is 14.3. The van der Waals surface area contributed by atoms with Crippen LogP contribution in [0.15, 0.2) is 66.7 Å². The first kappa shape index (κ1) is 19.5. The van der Waals surface area contributed by atoms with Crippen LogP contribution in [0.2, 0.25) is 0 Å². The Morgan fingerprint density at radius 1 is 0.714 bits per heavy atom. The van der Waals surface area contributed by atoms with Gasteiger partial charge in [-0.25, -0.2) is 4.39 Å². The third-order valence-electron chi connectivity index (χ3n) is 4.49. The second-order valence-electron chi connectivity index (χ2n) is 6.86. The van der Waals surface area contributed by atoms with Gasteiger partial charge in [0, 0.05) is 16.7 Å². The Morgan fingerprint density at radius 3 is 1.93 bits per heavy atom. The van der Waals surface area contributed by atoms with Crippen LogP contribution in [-0.4, -0.2) is 0 Å². The molecule has 0 aliphatic rings. The van der Waals surface area contributed by atoms with Gasteiger partial charge in [0.2, 0.25) is 0 Å². The van der Waals surface area contributed by atoms with E-state index in [0.717, 1.165) is 17.5 Å². The number of rotatable bonds is 3. The van der Waals surface area contributed by atoms with Gasteiger partial charge in [0.15, 0.2) is 0 Å². The van der Waals surface area contributed by atoms with E-state index >= 15 is 0 Å². The average molecular weight is 366 g/mol. The molecule has 0 bridgehead atoms. The van der Waals surface area contributed by atoms with Gasteiger partial charge in [-0.2, -0.15) is 0 Å². The summed E-state index contributed by atoms with van der Waals surface area (Å²) < 4.78 is 14.3. The van der Waals surface area contributed by atoms with E-state index < -0.39 is 0 Å². The summed E-state index contributed by atoms with van der Waals surface area (Å²) in [6.07, 6.45) is 3.49. The van der Waals surface area contributed by atoms with Crippen LogP contribution < -0.4 is 0 Å². The lowest BCUT2D eigenvalue weighted by Crippen LogP contribution is -1.87. The van der Waals surface area contributed by atoms with Crippen molar-refractivity contribution >= 4 is 0 Å². The van der Waals surface area contributed by atoms with Crippen molar-refractivity contribution in [1.29, 1.82) is 0 Å². The van der Waals surface area contributed by atoms with E-state index in [9.17, 15) is 4.39 Å². The minimum atomic E-state index is -0.346. The molecule has 0 heterocycles. The first-order valence-corrected chi connectivity index (χ1v) is 9.63. The first-order valence-electron chi connectivity index (χ1n) is 9.63. The van der Waals surface area contributed by atoms with Crippen LogP contribution in [0, 0.1) is 36.4 Å². The fraction of sp³-hybridized carbons (Fsp3) is 0.185. The summed E-state index contributed by atoms with van der Waals surface area (Å²) in [6, 6.07) is 21.1. The van der Waals surface area contributed by atoms with E-state index in [1.54, 1.807) is 6.07 Å². The van der Waals surface area contributed by atoms with Crippen molar-refractivity contribution in [1.82, 2.24) is 0 Å². The van der Waals surface area contributed by atoms with Gasteiger partial charge >= 0.3 is 0 Å². The molecule has 3 aromatic carbocycles. The predicted octanol–water partition coefficient (Wildman–Crippen LogP) is 6.28. The van der Waals surface area contributed by atoms with E-state index in [1.807, 2.05) is 49.4 Å². The normalized spacial score (nSPS) is 9.82. The van der Waals surface area contributed by atoms with Crippen molar-refractivity contribution in [2.45, 2.75) is 33.1 Å². The minimum absolute atomic E-state index is 0.346. The molecule has 0 saturated heterocycles. The second-order valence-corrected chi connectivity index (χ2v) is 6.86. The molecule has 3 rings (SSSR count). The molecule has 0 aromatic heterocycles. The monoisotopic (exact) mass is 366 g/mol. The maximum Gasteiger partial charge on any atom is 0.140 e. The van der Waals surface area contributed by atoms with Crippen molar-refractivity contribution < 1.29 is 4.39 Å². The Labute approximate surface area is 167 Å². The molecule has 0 spiro atoms. The molecule has 0 atom stereocenters. The summed E-state index contributed by atoms with van der Waals surface area (Å²) in [5, 5.41) is 0. The lowest BCUT2D eigenvalue weighted by molar-refractivity contribution is 0.624. The first-order chi connectivity index (χ1) is 13.6. The lowest BCUT2D eigenvalue weighted by atomic mass is 10.1. The molecule has 1 heteroatoms. The Hall–Kier alpha value is -3.29. The van der Waals surface area contributed by atoms with Gasteiger partial charge in [0.1, 0.15) is 5.82 Å². The minimum Gasteiger partial charge on any atom is -0.206 e. The van der Waals surface area contributed by atoms with Gasteiger partial charge in [-0.3, -0.25) is 0 Å². The molecule has 0 saturated carbocycles. The molecule has 138 valence electrons. The summed E-state index contributed by atoms with van der Waals surface area (Å²) in [4.78, 5) is 0. The molecule has 0 aliphatic carbocycles. The molecule has 0 N–H and O–H groups in total. The van der Waals surface area contributed by atoms with Crippen LogP contribution >= 0.6 is 0 Å². The summed E-state index contributed by atoms with van der Waals surface area (Å²) in [5.41, 5.74) is 5.34. The zero-order valence-corrected chi connectivity index (χ0v) is 16.4. The van der Waals surface area contributed by atoms with Gasteiger partial charge in [0.25, 0.3) is 0 Å². The van der Waals surface area contributed by atoms with Crippen molar-refractivity contribution in [3.63, 3.8) is 0 Å². The van der Waals surface area contributed by atoms with Crippen molar-refractivity contribution in [2.24, 2.45) is 0 Å². The molecule has 0 fully saturated rings. The smallest absolute Gasteiger partial charge is 0.140 e. The Balaban J connectivity index is 1.71. The molecule has 0 nitrogen and oxygen atoms in total. The third-order valence-corrected chi connectivity index (χ3v) is 4.49. The van der Waals surface area contributed by atoms with Gasteiger partial charge in [0.05, 0.1) is 5.56 Å². The number of benzene rings is 3. The SMILES string of the molecule is CCCCc1ccc(C#Cc2ccc(C#Cc3ccc(C)cc3)c(F)c2)cc1. The highest BCUT2D eigenvalue weighted by Crippen LogP contribution is 2.11. The van der Waals surface area contributed by atoms with Gasteiger partial charge < -0.3 is 0 Å². The fourth-order valence-electron chi connectivity index (χ4n) is 2.75. The Morgan fingerprint density at radius 2 is 1.29 bits per heavy atom. The van der Waals surface area contributed by atoms with Gasteiger partial charge in [-0.15, -0.1) is 0 Å². The quantitative estimate of drug-likeness (QED) is 0.479. The van der Waals surface area contributed by atoms with Gasteiger partial charge in [-0.1, -0.05) is 66.9 Å².